The van der Waals surface area contributed by atoms with Crippen molar-refractivity contribution in [2.75, 3.05) is 24.5 Å². The molecular formula is C13H15F3N2. The van der Waals surface area contributed by atoms with Crippen LogP contribution >= 0.6 is 0 Å². The molecule has 0 aromatic heterocycles. The Labute approximate surface area is 104 Å². The first-order valence-electron chi connectivity index (χ1n) is 6.20. The van der Waals surface area contributed by atoms with Crippen molar-refractivity contribution in [1.29, 1.82) is 0 Å². The van der Waals surface area contributed by atoms with E-state index in [0.29, 0.717) is 12.0 Å². The zero-order valence-electron chi connectivity index (χ0n) is 9.87. The second-order valence-corrected chi connectivity index (χ2v) is 5.01. The Hall–Kier alpha value is -1.23. The molecule has 2 aliphatic heterocycles. The summed E-state index contributed by atoms with van der Waals surface area (Å²) in [5, 5.41) is 3.34. The maximum absolute atomic E-state index is 12.5. The first kappa shape index (κ1) is 11.8. The Morgan fingerprint density at radius 3 is 2.50 bits per heavy atom. The van der Waals surface area contributed by atoms with Gasteiger partial charge in [0.15, 0.2) is 0 Å². The van der Waals surface area contributed by atoms with Gasteiger partial charge in [0, 0.05) is 31.4 Å². The second kappa shape index (κ2) is 4.16. The molecule has 2 heterocycles. The molecule has 2 saturated heterocycles. The SMILES string of the molecule is FC(F)(F)c1ccc(N2CC[C@H]3CNC[C@H]32)cc1. The number of rotatable bonds is 1. The highest BCUT2D eigenvalue weighted by Gasteiger charge is 2.38. The second-order valence-electron chi connectivity index (χ2n) is 5.01. The molecule has 1 aromatic carbocycles. The summed E-state index contributed by atoms with van der Waals surface area (Å²) in [6.07, 6.45) is -3.13. The van der Waals surface area contributed by atoms with Crippen LogP contribution in [0.15, 0.2) is 24.3 Å². The monoisotopic (exact) mass is 256 g/mol. The van der Waals surface area contributed by atoms with E-state index in [9.17, 15) is 13.2 Å². The van der Waals surface area contributed by atoms with Gasteiger partial charge in [0.1, 0.15) is 0 Å². The van der Waals surface area contributed by atoms with E-state index < -0.39 is 11.7 Å². The molecule has 2 atom stereocenters. The average Bonchev–Trinajstić information content (AvgIpc) is 2.89. The number of nitrogens with zero attached hydrogens (tertiary/aromatic N) is 1. The third-order valence-corrected chi connectivity index (χ3v) is 3.97. The molecule has 2 aliphatic rings. The van der Waals surface area contributed by atoms with Crippen molar-refractivity contribution < 1.29 is 13.2 Å². The number of benzene rings is 1. The number of nitrogens with one attached hydrogen (secondary N) is 1. The van der Waals surface area contributed by atoms with Crippen LogP contribution in [0.1, 0.15) is 12.0 Å². The number of hydrogen-bond donors (Lipinski definition) is 1. The van der Waals surface area contributed by atoms with Gasteiger partial charge in [0.05, 0.1) is 5.56 Å². The summed E-state index contributed by atoms with van der Waals surface area (Å²) in [5.74, 6) is 0.646. The van der Waals surface area contributed by atoms with E-state index in [-0.39, 0.29) is 0 Å². The van der Waals surface area contributed by atoms with Gasteiger partial charge in [-0.3, -0.25) is 0 Å². The van der Waals surface area contributed by atoms with E-state index in [0.717, 1.165) is 31.7 Å². The number of alkyl halides is 3. The van der Waals surface area contributed by atoms with Crippen LogP contribution in [0.25, 0.3) is 0 Å². The lowest BCUT2D eigenvalue weighted by Gasteiger charge is -2.26. The normalized spacial score (nSPS) is 27.6. The molecule has 3 rings (SSSR count). The molecule has 0 aliphatic carbocycles. The zero-order valence-corrected chi connectivity index (χ0v) is 9.87. The van der Waals surface area contributed by atoms with Gasteiger partial charge >= 0.3 is 6.18 Å². The fourth-order valence-electron chi connectivity index (χ4n) is 3.01. The Morgan fingerprint density at radius 1 is 1.11 bits per heavy atom. The summed E-state index contributed by atoms with van der Waals surface area (Å²) in [6, 6.07) is 5.96. The molecular weight excluding hydrogens is 241 g/mol. The lowest BCUT2D eigenvalue weighted by atomic mass is 10.0. The predicted octanol–water partition coefficient (Wildman–Crippen LogP) is 2.50. The van der Waals surface area contributed by atoms with Gasteiger partial charge in [-0.15, -0.1) is 0 Å². The van der Waals surface area contributed by atoms with E-state index in [4.69, 9.17) is 0 Å². The van der Waals surface area contributed by atoms with Crippen molar-refractivity contribution in [1.82, 2.24) is 5.32 Å². The molecule has 2 fully saturated rings. The van der Waals surface area contributed by atoms with Crippen molar-refractivity contribution in [2.45, 2.75) is 18.6 Å². The highest BCUT2D eigenvalue weighted by molar-refractivity contribution is 5.50. The van der Waals surface area contributed by atoms with Crippen molar-refractivity contribution in [2.24, 2.45) is 5.92 Å². The summed E-state index contributed by atoms with van der Waals surface area (Å²) in [4.78, 5) is 2.23. The van der Waals surface area contributed by atoms with Crippen LogP contribution in [0.2, 0.25) is 0 Å². The highest BCUT2D eigenvalue weighted by Crippen LogP contribution is 2.34. The Morgan fingerprint density at radius 2 is 1.83 bits per heavy atom. The zero-order chi connectivity index (χ0) is 12.8. The minimum Gasteiger partial charge on any atom is -0.367 e. The predicted molar refractivity (Wildman–Crippen MR) is 63.6 cm³/mol. The fraction of sp³-hybridized carbons (Fsp3) is 0.538. The summed E-state index contributed by atoms with van der Waals surface area (Å²) in [7, 11) is 0. The molecule has 0 radical (unpaired) electrons. The van der Waals surface area contributed by atoms with Crippen LogP contribution in [0.5, 0.6) is 0 Å². The molecule has 0 unspecified atom stereocenters. The quantitative estimate of drug-likeness (QED) is 0.830. The van der Waals surface area contributed by atoms with Crippen molar-refractivity contribution in [3.63, 3.8) is 0 Å². The Kier molecular flexibility index (Phi) is 2.73. The molecule has 5 heteroatoms. The van der Waals surface area contributed by atoms with Gasteiger partial charge in [-0.2, -0.15) is 13.2 Å². The largest absolute Gasteiger partial charge is 0.416 e. The molecule has 98 valence electrons. The van der Waals surface area contributed by atoms with Gasteiger partial charge in [0.25, 0.3) is 0 Å². The molecule has 1 N–H and O–H groups in total. The van der Waals surface area contributed by atoms with E-state index >= 15 is 0 Å². The summed E-state index contributed by atoms with van der Waals surface area (Å²) < 4.78 is 37.5. The molecule has 2 nitrogen and oxygen atoms in total. The third-order valence-electron chi connectivity index (χ3n) is 3.97. The molecule has 0 bridgehead atoms. The first-order valence-corrected chi connectivity index (χ1v) is 6.20. The first-order chi connectivity index (χ1) is 8.55. The minimum atomic E-state index is -4.25. The van der Waals surface area contributed by atoms with Gasteiger partial charge in [-0.1, -0.05) is 0 Å². The Bertz CT molecular complexity index is 427. The van der Waals surface area contributed by atoms with Crippen molar-refractivity contribution in [3.8, 4) is 0 Å². The van der Waals surface area contributed by atoms with Crippen LogP contribution in [0.4, 0.5) is 18.9 Å². The molecule has 18 heavy (non-hydrogen) atoms. The highest BCUT2D eigenvalue weighted by atomic mass is 19.4. The average molecular weight is 256 g/mol. The lowest BCUT2D eigenvalue weighted by Crippen LogP contribution is -2.34. The van der Waals surface area contributed by atoms with Crippen LogP contribution in [-0.4, -0.2) is 25.7 Å². The summed E-state index contributed by atoms with van der Waals surface area (Å²) in [5.41, 5.74) is 0.325. The minimum absolute atomic E-state index is 0.446. The van der Waals surface area contributed by atoms with Crippen LogP contribution in [0.3, 0.4) is 0 Å². The number of anilines is 1. The van der Waals surface area contributed by atoms with Gasteiger partial charge in [0.2, 0.25) is 0 Å². The number of fused-ring (bicyclic) bond motifs is 1. The van der Waals surface area contributed by atoms with E-state index in [1.807, 2.05) is 0 Å². The number of hydrogen-bond acceptors (Lipinski definition) is 2. The molecule has 0 saturated carbocycles. The third kappa shape index (κ3) is 1.96. The summed E-state index contributed by atoms with van der Waals surface area (Å²) in [6.45, 7) is 2.91. The van der Waals surface area contributed by atoms with Crippen molar-refractivity contribution in [3.05, 3.63) is 29.8 Å². The van der Waals surface area contributed by atoms with E-state index in [1.165, 1.54) is 12.1 Å². The van der Waals surface area contributed by atoms with Crippen LogP contribution in [0, 0.1) is 5.92 Å². The standard InChI is InChI=1S/C13H15F3N2/c14-13(15,16)10-1-3-11(4-2-10)18-6-5-9-7-17-8-12(9)18/h1-4,9,12,17H,5-8H2/t9-,12+/m0/s1. The Balaban J connectivity index is 1.81. The van der Waals surface area contributed by atoms with Crippen LogP contribution in [-0.2, 0) is 6.18 Å². The fourth-order valence-corrected chi connectivity index (χ4v) is 3.01. The van der Waals surface area contributed by atoms with E-state index in [2.05, 4.69) is 10.2 Å². The number of halogens is 3. The molecule has 0 amide bonds. The maximum atomic E-state index is 12.5. The summed E-state index contributed by atoms with van der Waals surface area (Å²) >= 11 is 0. The smallest absolute Gasteiger partial charge is 0.367 e. The van der Waals surface area contributed by atoms with Crippen molar-refractivity contribution >= 4 is 5.69 Å². The van der Waals surface area contributed by atoms with Gasteiger partial charge in [-0.25, -0.2) is 0 Å². The van der Waals surface area contributed by atoms with Gasteiger partial charge in [-0.05, 0) is 36.6 Å². The van der Waals surface area contributed by atoms with Gasteiger partial charge < -0.3 is 10.2 Å². The van der Waals surface area contributed by atoms with Crippen LogP contribution < -0.4 is 10.2 Å². The van der Waals surface area contributed by atoms with E-state index in [1.54, 1.807) is 12.1 Å². The molecule has 0 spiro atoms. The lowest BCUT2D eigenvalue weighted by molar-refractivity contribution is -0.137. The topological polar surface area (TPSA) is 15.3 Å². The molecule has 1 aromatic rings. The maximum Gasteiger partial charge on any atom is 0.416 e.